The van der Waals surface area contributed by atoms with Crippen LogP contribution in [0.15, 0.2) is 60.9 Å². The van der Waals surface area contributed by atoms with Crippen molar-refractivity contribution in [3.8, 4) is 29.0 Å². The summed E-state index contributed by atoms with van der Waals surface area (Å²) in [6, 6.07) is 16.8. The minimum Gasteiger partial charge on any atom is -0.493 e. The van der Waals surface area contributed by atoms with Crippen LogP contribution in [0.4, 0.5) is 5.69 Å². The van der Waals surface area contributed by atoms with Crippen molar-refractivity contribution in [1.82, 2.24) is 15.0 Å². The zero-order chi connectivity index (χ0) is 19.5. The van der Waals surface area contributed by atoms with Gasteiger partial charge >= 0.3 is 0 Å². The maximum absolute atomic E-state index is 6.21. The highest BCUT2D eigenvalue weighted by atomic mass is 16.5. The molecular formula is C21H18N4O3. The maximum Gasteiger partial charge on any atom is 0.250 e. The third-order valence-corrected chi connectivity index (χ3v) is 4.12. The van der Waals surface area contributed by atoms with Crippen LogP contribution in [0.1, 0.15) is 5.69 Å². The number of benzene rings is 2. The highest BCUT2D eigenvalue weighted by Gasteiger charge is 2.15. The molecule has 0 unspecified atom stereocenters. The first-order chi connectivity index (χ1) is 13.7. The molecule has 2 aromatic carbocycles. The molecule has 4 aromatic rings. The number of hydrogen-bond acceptors (Lipinski definition) is 7. The van der Waals surface area contributed by atoms with Crippen LogP contribution in [0.2, 0.25) is 0 Å². The summed E-state index contributed by atoms with van der Waals surface area (Å²) >= 11 is 0. The number of pyridine rings is 1. The Morgan fingerprint density at radius 3 is 2.21 bits per heavy atom. The lowest BCUT2D eigenvalue weighted by atomic mass is 10.2. The molecule has 0 amide bonds. The van der Waals surface area contributed by atoms with Gasteiger partial charge in [-0.2, -0.15) is 9.97 Å². The summed E-state index contributed by atoms with van der Waals surface area (Å²) < 4.78 is 17.1. The van der Waals surface area contributed by atoms with Crippen molar-refractivity contribution in [2.24, 2.45) is 0 Å². The molecular weight excluding hydrogens is 356 g/mol. The Hall–Kier alpha value is -3.87. The Morgan fingerprint density at radius 1 is 0.786 bits per heavy atom. The second-order valence-corrected chi connectivity index (χ2v) is 6.03. The SMILES string of the molecule is COc1ccccc1Oc1ncnc(Oc2cccc3ccc(C)nc23)c1N. The number of para-hydroxylation sites is 3. The average Bonchev–Trinajstić information content (AvgIpc) is 2.71. The lowest BCUT2D eigenvalue weighted by Crippen LogP contribution is -2.01. The lowest BCUT2D eigenvalue weighted by molar-refractivity contribution is 0.373. The summed E-state index contributed by atoms with van der Waals surface area (Å²) in [5, 5.41) is 0.959. The van der Waals surface area contributed by atoms with Crippen LogP contribution in [0, 0.1) is 6.92 Å². The molecule has 7 nitrogen and oxygen atoms in total. The molecule has 140 valence electrons. The van der Waals surface area contributed by atoms with Crippen LogP contribution in [-0.2, 0) is 0 Å². The van der Waals surface area contributed by atoms with Gasteiger partial charge in [0.2, 0.25) is 11.8 Å². The van der Waals surface area contributed by atoms with Crippen LogP contribution in [0.3, 0.4) is 0 Å². The van der Waals surface area contributed by atoms with Gasteiger partial charge in [0.25, 0.3) is 0 Å². The predicted octanol–water partition coefficient (Wildman–Crippen LogP) is 4.51. The molecule has 2 N–H and O–H groups in total. The van der Waals surface area contributed by atoms with E-state index in [0.717, 1.165) is 16.6 Å². The Kier molecular flexibility index (Phi) is 4.63. The monoisotopic (exact) mass is 374 g/mol. The number of nitrogens with zero attached hydrogens (tertiary/aromatic N) is 3. The molecule has 28 heavy (non-hydrogen) atoms. The first kappa shape index (κ1) is 17.5. The molecule has 0 aliphatic rings. The largest absolute Gasteiger partial charge is 0.493 e. The van der Waals surface area contributed by atoms with Gasteiger partial charge < -0.3 is 19.9 Å². The molecule has 2 aromatic heterocycles. The van der Waals surface area contributed by atoms with E-state index in [1.165, 1.54) is 6.33 Å². The molecule has 7 heteroatoms. The first-order valence-corrected chi connectivity index (χ1v) is 8.61. The van der Waals surface area contributed by atoms with E-state index < -0.39 is 0 Å². The molecule has 0 saturated heterocycles. The topological polar surface area (TPSA) is 92.4 Å². The van der Waals surface area contributed by atoms with E-state index in [1.54, 1.807) is 19.2 Å². The van der Waals surface area contributed by atoms with E-state index in [9.17, 15) is 0 Å². The van der Waals surface area contributed by atoms with Gasteiger partial charge in [0, 0.05) is 11.1 Å². The fourth-order valence-electron chi connectivity index (χ4n) is 2.74. The second kappa shape index (κ2) is 7.40. The summed E-state index contributed by atoms with van der Waals surface area (Å²) in [5.74, 6) is 1.98. The molecule has 4 rings (SSSR count). The summed E-state index contributed by atoms with van der Waals surface area (Å²) in [4.78, 5) is 12.8. The van der Waals surface area contributed by atoms with E-state index in [-0.39, 0.29) is 17.4 Å². The summed E-state index contributed by atoms with van der Waals surface area (Å²) in [7, 11) is 1.57. The number of nitrogen functional groups attached to an aromatic ring is 1. The van der Waals surface area contributed by atoms with Crippen molar-refractivity contribution in [3.05, 3.63) is 66.6 Å². The zero-order valence-electron chi connectivity index (χ0n) is 15.4. The predicted molar refractivity (Wildman–Crippen MR) is 106 cm³/mol. The van der Waals surface area contributed by atoms with Crippen LogP contribution in [0.5, 0.6) is 29.0 Å². The minimum absolute atomic E-state index is 0.179. The number of fused-ring (bicyclic) bond motifs is 1. The number of nitrogens with two attached hydrogens (primary N) is 1. The van der Waals surface area contributed by atoms with Gasteiger partial charge in [0.15, 0.2) is 22.9 Å². The normalized spacial score (nSPS) is 10.6. The van der Waals surface area contributed by atoms with Gasteiger partial charge in [-0.05, 0) is 31.2 Å². The van der Waals surface area contributed by atoms with Crippen molar-refractivity contribution in [1.29, 1.82) is 0 Å². The van der Waals surface area contributed by atoms with E-state index in [2.05, 4.69) is 15.0 Å². The van der Waals surface area contributed by atoms with Crippen molar-refractivity contribution < 1.29 is 14.2 Å². The highest BCUT2D eigenvalue weighted by Crippen LogP contribution is 2.37. The molecule has 0 spiro atoms. The summed E-state index contributed by atoms with van der Waals surface area (Å²) in [6.07, 6.45) is 1.33. The Balaban J connectivity index is 1.69. The van der Waals surface area contributed by atoms with Gasteiger partial charge in [-0.15, -0.1) is 0 Å². The van der Waals surface area contributed by atoms with Crippen LogP contribution < -0.4 is 19.9 Å². The van der Waals surface area contributed by atoms with Crippen molar-refractivity contribution in [2.45, 2.75) is 6.92 Å². The number of ether oxygens (including phenoxy) is 3. The number of anilines is 1. The van der Waals surface area contributed by atoms with Gasteiger partial charge in [-0.3, -0.25) is 0 Å². The summed E-state index contributed by atoms with van der Waals surface area (Å²) in [6.45, 7) is 1.93. The van der Waals surface area contributed by atoms with Crippen LogP contribution >= 0.6 is 0 Å². The molecule has 0 bridgehead atoms. The molecule has 0 aliphatic heterocycles. The molecule has 2 heterocycles. The summed E-state index contributed by atoms with van der Waals surface area (Å²) in [5.41, 5.74) is 8.00. The molecule has 0 fully saturated rings. The van der Waals surface area contributed by atoms with Gasteiger partial charge in [0.1, 0.15) is 11.8 Å². The van der Waals surface area contributed by atoms with Gasteiger partial charge in [-0.25, -0.2) is 4.98 Å². The van der Waals surface area contributed by atoms with Crippen molar-refractivity contribution in [3.63, 3.8) is 0 Å². The van der Waals surface area contributed by atoms with E-state index in [0.29, 0.717) is 17.2 Å². The standard InChI is InChI=1S/C21H18N4O3/c1-13-10-11-14-6-5-9-17(19(14)25-13)28-21-18(22)20(23-12-24-21)27-16-8-4-3-7-15(16)26-2/h3-12H,22H2,1-2H3. The Bertz CT molecular complexity index is 1150. The van der Waals surface area contributed by atoms with Crippen LogP contribution in [0.25, 0.3) is 10.9 Å². The van der Waals surface area contributed by atoms with Crippen molar-refractivity contribution >= 4 is 16.6 Å². The van der Waals surface area contributed by atoms with E-state index in [4.69, 9.17) is 19.9 Å². The number of aryl methyl sites for hydroxylation is 1. The fraction of sp³-hybridized carbons (Fsp3) is 0.0952. The zero-order valence-corrected chi connectivity index (χ0v) is 15.4. The van der Waals surface area contributed by atoms with E-state index >= 15 is 0 Å². The van der Waals surface area contributed by atoms with Crippen molar-refractivity contribution in [2.75, 3.05) is 12.8 Å². The number of methoxy groups -OCH3 is 1. The first-order valence-electron chi connectivity index (χ1n) is 8.61. The lowest BCUT2D eigenvalue weighted by Gasteiger charge is -2.13. The number of rotatable bonds is 5. The molecule has 0 atom stereocenters. The number of hydrogen-bond donors (Lipinski definition) is 1. The Labute approximate surface area is 161 Å². The highest BCUT2D eigenvalue weighted by molar-refractivity contribution is 5.85. The average molecular weight is 374 g/mol. The number of aromatic nitrogens is 3. The minimum atomic E-state index is 0.179. The third-order valence-electron chi connectivity index (χ3n) is 4.12. The molecule has 0 radical (unpaired) electrons. The quantitative estimate of drug-likeness (QED) is 0.549. The smallest absolute Gasteiger partial charge is 0.250 e. The molecule has 0 saturated carbocycles. The fourth-order valence-corrected chi connectivity index (χ4v) is 2.74. The Morgan fingerprint density at radius 2 is 1.46 bits per heavy atom. The maximum atomic E-state index is 6.21. The molecule has 0 aliphatic carbocycles. The van der Waals surface area contributed by atoms with Gasteiger partial charge in [0.05, 0.1) is 7.11 Å². The van der Waals surface area contributed by atoms with Crippen LogP contribution in [-0.4, -0.2) is 22.1 Å². The van der Waals surface area contributed by atoms with E-state index in [1.807, 2.05) is 49.4 Å². The second-order valence-electron chi connectivity index (χ2n) is 6.03. The van der Waals surface area contributed by atoms with Gasteiger partial charge in [-0.1, -0.05) is 30.3 Å². The third kappa shape index (κ3) is 3.37.